The number of amides is 3. The van der Waals surface area contributed by atoms with Gasteiger partial charge in [-0.05, 0) is 24.7 Å². The summed E-state index contributed by atoms with van der Waals surface area (Å²) in [6, 6.07) is -1.10. The first-order chi connectivity index (χ1) is 9.90. The van der Waals surface area contributed by atoms with Gasteiger partial charge in [0.25, 0.3) is 5.91 Å². The van der Waals surface area contributed by atoms with Gasteiger partial charge in [-0.25, -0.2) is 4.79 Å². The Hall–Kier alpha value is -1.44. The van der Waals surface area contributed by atoms with E-state index in [4.69, 9.17) is 0 Å². The van der Waals surface area contributed by atoms with Gasteiger partial charge in [-0.1, -0.05) is 26.7 Å². The van der Waals surface area contributed by atoms with Crippen LogP contribution in [0.2, 0.25) is 0 Å². The smallest absolute Gasteiger partial charge is 0.407 e. The average Bonchev–Trinajstić information content (AvgIpc) is 3.12. The molecule has 1 saturated heterocycles. The fraction of sp³-hybridized carbons (Fsp3) is 0.769. The monoisotopic (exact) mass is 315 g/mol. The maximum absolute atomic E-state index is 12.8. The number of methoxy groups -OCH3 is 1. The van der Waals surface area contributed by atoms with E-state index in [9.17, 15) is 14.4 Å². The van der Waals surface area contributed by atoms with E-state index in [0.29, 0.717) is 12.3 Å². The number of alkyl carbamates (subject to hydrolysis) is 1. The standard InChI is InChI=1S/C13H21N3O4S/c1-6(2)10(14-13(19)20-3)12(18)16-8-4-7(8)5-9(16)11(17)15-21/h6-10,21H,4-5H2,1-3H3,(H,14,19)(H,15,17). The molecule has 4 atom stereocenters. The molecule has 1 aliphatic heterocycles. The van der Waals surface area contributed by atoms with Gasteiger partial charge in [-0.15, -0.1) is 0 Å². The van der Waals surface area contributed by atoms with Crippen molar-refractivity contribution in [3.63, 3.8) is 0 Å². The molecule has 0 bridgehead atoms. The van der Waals surface area contributed by atoms with Crippen molar-refractivity contribution in [2.24, 2.45) is 11.8 Å². The van der Waals surface area contributed by atoms with E-state index in [1.54, 1.807) is 4.90 Å². The van der Waals surface area contributed by atoms with Crippen LogP contribution in [0.3, 0.4) is 0 Å². The zero-order chi connectivity index (χ0) is 15.7. The number of hydrogen-bond donors (Lipinski definition) is 3. The van der Waals surface area contributed by atoms with Crippen LogP contribution in [-0.4, -0.2) is 48.0 Å². The Kier molecular flexibility index (Phi) is 4.65. The Morgan fingerprint density at radius 2 is 1.95 bits per heavy atom. The first-order valence-electron chi connectivity index (χ1n) is 7.01. The number of fused-ring (bicyclic) bond motifs is 1. The molecule has 0 aromatic heterocycles. The van der Waals surface area contributed by atoms with Gasteiger partial charge in [-0.2, -0.15) is 0 Å². The molecule has 1 heterocycles. The largest absolute Gasteiger partial charge is 0.453 e. The van der Waals surface area contributed by atoms with Crippen LogP contribution in [-0.2, 0) is 14.3 Å². The topological polar surface area (TPSA) is 87.7 Å². The molecule has 7 nitrogen and oxygen atoms in total. The van der Waals surface area contributed by atoms with Crippen molar-refractivity contribution in [3.8, 4) is 0 Å². The third-order valence-electron chi connectivity index (χ3n) is 4.16. The molecule has 1 saturated carbocycles. The predicted molar refractivity (Wildman–Crippen MR) is 78.4 cm³/mol. The number of piperidine rings is 1. The molecular formula is C13H21N3O4S. The highest BCUT2D eigenvalue weighted by molar-refractivity contribution is 7.78. The van der Waals surface area contributed by atoms with Crippen LogP contribution in [0.25, 0.3) is 0 Å². The summed E-state index contributed by atoms with van der Waals surface area (Å²) < 4.78 is 6.87. The van der Waals surface area contributed by atoms with Crippen LogP contribution in [0, 0.1) is 11.8 Å². The molecule has 2 aliphatic rings. The molecule has 2 fully saturated rings. The molecule has 0 radical (unpaired) electrons. The Morgan fingerprint density at radius 3 is 2.48 bits per heavy atom. The Balaban J connectivity index is 2.14. The van der Waals surface area contributed by atoms with Crippen LogP contribution in [0.15, 0.2) is 0 Å². The lowest BCUT2D eigenvalue weighted by atomic mass is 10.0. The van der Waals surface area contributed by atoms with E-state index >= 15 is 0 Å². The fourth-order valence-corrected chi connectivity index (χ4v) is 3.09. The van der Waals surface area contributed by atoms with E-state index < -0.39 is 18.2 Å². The first kappa shape index (κ1) is 15.9. The van der Waals surface area contributed by atoms with E-state index in [-0.39, 0.29) is 23.8 Å². The zero-order valence-corrected chi connectivity index (χ0v) is 13.2. The number of nitrogens with zero attached hydrogens (tertiary/aromatic N) is 1. The molecule has 0 spiro atoms. The number of likely N-dealkylation sites (tertiary alicyclic amines) is 1. The molecule has 2 rings (SSSR count). The third-order valence-corrected chi connectivity index (χ3v) is 4.38. The third kappa shape index (κ3) is 3.09. The molecule has 1 aliphatic carbocycles. The number of rotatable bonds is 4. The van der Waals surface area contributed by atoms with E-state index in [0.717, 1.165) is 6.42 Å². The summed E-state index contributed by atoms with van der Waals surface area (Å²) in [4.78, 5) is 37.7. The molecule has 8 heteroatoms. The summed E-state index contributed by atoms with van der Waals surface area (Å²) in [5.74, 6) is -0.230. The summed E-state index contributed by atoms with van der Waals surface area (Å²) >= 11 is 3.78. The highest BCUT2D eigenvalue weighted by atomic mass is 32.1. The molecule has 2 N–H and O–H groups in total. The number of carbonyl (C=O) groups is 3. The summed E-state index contributed by atoms with van der Waals surface area (Å²) in [6.07, 6.45) is 0.931. The number of carbonyl (C=O) groups excluding carboxylic acids is 3. The van der Waals surface area contributed by atoms with Crippen molar-refractivity contribution in [1.82, 2.24) is 14.9 Å². The first-order valence-corrected chi connectivity index (χ1v) is 7.46. The Morgan fingerprint density at radius 1 is 1.29 bits per heavy atom. The van der Waals surface area contributed by atoms with Gasteiger partial charge in [-0.3, -0.25) is 9.59 Å². The van der Waals surface area contributed by atoms with Crippen molar-refractivity contribution in [2.75, 3.05) is 7.11 Å². The van der Waals surface area contributed by atoms with Gasteiger partial charge in [0.2, 0.25) is 5.91 Å². The molecule has 118 valence electrons. The summed E-state index contributed by atoms with van der Waals surface area (Å²) in [5.41, 5.74) is 0. The van der Waals surface area contributed by atoms with Crippen molar-refractivity contribution in [3.05, 3.63) is 0 Å². The SMILES string of the molecule is COC(=O)NC(C(=O)N1C(C(=O)NS)CC2CC21)C(C)C. The fourth-order valence-electron chi connectivity index (χ4n) is 2.94. The second-order valence-corrected chi connectivity index (χ2v) is 6.12. The minimum Gasteiger partial charge on any atom is -0.453 e. The van der Waals surface area contributed by atoms with Gasteiger partial charge < -0.3 is 19.7 Å². The van der Waals surface area contributed by atoms with E-state index in [2.05, 4.69) is 27.6 Å². The highest BCUT2D eigenvalue weighted by Gasteiger charge is 2.57. The second kappa shape index (κ2) is 6.13. The maximum atomic E-state index is 12.8. The molecule has 21 heavy (non-hydrogen) atoms. The number of thiol groups is 1. The minimum absolute atomic E-state index is 0.103. The van der Waals surface area contributed by atoms with Crippen LogP contribution in [0.5, 0.6) is 0 Å². The summed E-state index contributed by atoms with van der Waals surface area (Å²) in [6.45, 7) is 3.68. The molecule has 3 amide bonds. The number of hydrogen-bond acceptors (Lipinski definition) is 5. The van der Waals surface area contributed by atoms with Crippen LogP contribution in [0.1, 0.15) is 26.7 Å². The van der Waals surface area contributed by atoms with E-state index in [1.807, 2.05) is 13.8 Å². The summed E-state index contributed by atoms with van der Waals surface area (Å²) in [7, 11) is 1.25. The van der Waals surface area contributed by atoms with Crippen molar-refractivity contribution in [1.29, 1.82) is 0 Å². The lowest BCUT2D eigenvalue weighted by Gasteiger charge is -2.31. The average molecular weight is 315 g/mol. The van der Waals surface area contributed by atoms with Crippen LogP contribution >= 0.6 is 12.8 Å². The van der Waals surface area contributed by atoms with Crippen molar-refractivity contribution >= 4 is 30.7 Å². The Bertz CT molecular complexity index is 457. The predicted octanol–water partition coefficient (Wildman–Crippen LogP) is 0.317. The molecule has 0 aromatic rings. The lowest BCUT2D eigenvalue weighted by Crippen LogP contribution is -2.55. The molecular weight excluding hydrogens is 294 g/mol. The molecule has 4 unspecified atom stereocenters. The highest BCUT2D eigenvalue weighted by Crippen LogP contribution is 2.48. The zero-order valence-electron chi connectivity index (χ0n) is 12.3. The van der Waals surface area contributed by atoms with E-state index in [1.165, 1.54) is 7.11 Å². The van der Waals surface area contributed by atoms with Crippen LogP contribution < -0.4 is 10.0 Å². The van der Waals surface area contributed by atoms with Crippen molar-refractivity contribution in [2.45, 2.75) is 44.8 Å². The van der Waals surface area contributed by atoms with Gasteiger partial charge in [0.05, 0.1) is 7.11 Å². The van der Waals surface area contributed by atoms with Gasteiger partial charge in [0.15, 0.2) is 0 Å². The lowest BCUT2D eigenvalue weighted by molar-refractivity contribution is -0.141. The van der Waals surface area contributed by atoms with Gasteiger partial charge in [0.1, 0.15) is 12.1 Å². The van der Waals surface area contributed by atoms with Crippen LogP contribution in [0.4, 0.5) is 4.79 Å². The molecule has 0 aromatic carbocycles. The number of ether oxygens (including phenoxy) is 1. The minimum atomic E-state index is -0.702. The van der Waals surface area contributed by atoms with Gasteiger partial charge >= 0.3 is 6.09 Å². The quantitative estimate of drug-likeness (QED) is 0.652. The Labute approximate surface area is 129 Å². The van der Waals surface area contributed by atoms with Gasteiger partial charge in [0, 0.05) is 6.04 Å². The normalized spacial score (nSPS) is 27.9. The maximum Gasteiger partial charge on any atom is 0.407 e. The number of nitrogens with one attached hydrogen (secondary N) is 2. The second-order valence-electron chi connectivity index (χ2n) is 5.89. The summed E-state index contributed by atoms with van der Waals surface area (Å²) in [5, 5.41) is 2.56. The van der Waals surface area contributed by atoms with Crippen molar-refractivity contribution < 1.29 is 19.1 Å².